The molecule has 2 aromatic rings. The van der Waals surface area contributed by atoms with Crippen molar-refractivity contribution in [2.45, 2.75) is 27.3 Å². The summed E-state index contributed by atoms with van der Waals surface area (Å²) in [4.78, 5) is 21.4. The molecule has 4 nitrogen and oxygen atoms in total. The Morgan fingerprint density at radius 3 is 2.57 bits per heavy atom. The summed E-state index contributed by atoms with van der Waals surface area (Å²) < 4.78 is 0. The number of carbonyl (C=O) groups is 1. The topological polar surface area (TPSA) is 36.4 Å². The predicted molar refractivity (Wildman–Crippen MR) is 96.7 cm³/mol. The molecule has 1 amide bonds. The molecule has 124 valence electrons. The second-order valence-corrected chi connectivity index (χ2v) is 8.61. The molecule has 0 aromatic carbocycles. The lowest BCUT2D eigenvalue weighted by atomic mass is 9.94. The summed E-state index contributed by atoms with van der Waals surface area (Å²) in [6.07, 6.45) is 0. The van der Waals surface area contributed by atoms with Gasteiger partial charge in [0.2, 0.25) is 5.91 Å². The Morgan fingerprint density at radius 1 is 1.22 bits per heavy atom. The molecule has 3 rings (SSSR count). The maximum atomic E-state index is 12.3. The fourth-order valence-electron chi connectivity index (χ4n) is 2.71. The monoisotopic (exact) mass is 349 g/mol. The van der Waals surface area contributed by atoms with Gasteiger partial charge in [0.25, 0.3) is 0 Å². The Kier molecular flexibility index (Phi) is 4.85. The number of aromatic nitrogens is 1. The summed E-state index contributed by atoms with van der Waals surface area (Å²) in [5.74, 6) is 0.255. The lowest BCUT2D eigenvalue weighted by Gasteiger charge is -2.37. The van der Waals surface area contributed by atoms with E-state index in [1.54, 1.807) is 22.7 Å². The summed E-state index contributed by atoms with van der Waals surface area (Å²) in [5, 5.41) is 7.48. The van der Waals surface area contributed by atoms with Crippen LogP contribution in [0.25, 0.3) is 10.6 Å². The average molecular weight is 350 g/mol. The number of thiophene rings is 1. The maximum Gasteiger partial charge on any atom is 0.228 e. The van der Waals surface area contributed by atoms with Crippen molar-refractivity contribution in [3.63, 3.8) is 0 Å². The van der Waals surface area contributed by atoms with Crippen LogP contribution in [0.4, 0.5) is 0 Å². The number of hydrogen-bond donors (Lipinski definition) is 0. The SMILES string of the molecule is CC(C)(C)C(=O)N1CCN(Cc2csc(-c3ccsc3)n2)CC1. The first-order chi connectivity index (χ1) is 10.9. The number of nitrogens with zero attached hydrogens (tertiary/aromatic N) is 3. The van der Waals surface area contributed by atoms with Crippen LogP contribution in [-0.2, 0) is 11.3 Å². The minimum absolute atomic E-state index is 0.255. The van der Waals surface area contributed by atoms with E-state index < -0.39 is 0 Å². The largest absolute Gasteiger partial charge is 0.340 e. The summed E-state index contributed by atoms with van der Waals surface area (Å²) in [7, 11) is 0. The number of amides is 1. The standard InChI is InChI=1S/C17H23N3OS2/c1-17(2,3)16(21)20-7-5-19(6-8-20)10-14-12-23-15(18-14)13-4-9-22-11-13/h4,9,11-12H,5-8,10H2,1-3H3. The van der Waals surface area contributed by atoms with E-state index in [0.29, 0.717) is 0 Å². The highest BCUT2D eigenvalue weighted by atomic mass is 32.1. The Labute approximate surface area is 145 Å². The van der Waals surface area contributed by atoms with Crippen molar-refractivity contribution < 1.29 is 4.79 Å². The van der Waals surface area contributed by atoms with Gasteiger partial charge < -0.3 is 4.90 Å². The van der Waals surface area contributed by atoms with Crippen molar-refractivity contribution in [3.8, 4) is 10.6 Å². The Balaban J connectivity index is 1.54. The third-order valence-electron chi connectivity index (χ3n) is 4.01. The van der Waals surface area contributed by atoms with E-state index >= 15 is 0 Å². The molecule has 0 unspecified atom stereocenters. The molecule has 0 aliphatic carbocycles. The van der Waals surface area contributed by atoms with Crippen LogP contribution in [0.1, 0.15) is 26.5 Å². The first-order valence-corrected chi connectivity index (χ1v) is 9.74. The van der Waals surface area contributed by atoms with Gasteiger partial charge in [0.05, 0.1) is 5.69 Å². The molecule has 3 heterocycles. The Bertz CT molecular complexity index is 650. The Hall–Kier alpha value is -1.24. The van der Waals surface area contributed by atoms with Crippen molar-refractivity contribution in [1.29, 1.82) is 0 Å². The smallest absolute Gasteiger partial charge is 0.228 e. The summed E-state index contributed by atoms with van der Waals surface area (Å²) >= 11 is 3.41. The van der Waals surface area contributed by atoms with Crippen LogP contribution in [0.2, 0.25) is 0 Å². The molecule has 1 saturated heterocycles. The van der Waals surface area contributed by atoms with E-state index in [-0.39, 0.29) is 11.3 Å². The summed E-state index contributed by atoms with van der Waals surface area (Å²) in [6, 6.07) is 2.12. The number of hydrogen-bond acceptors (Lipinski definition) is 5. The molecule has 0 N–H and O–H groups in total. The highest BCUT2D eigenvalue weighted by Gasteiger charge is 2.29. The number of rotatable bonds is 3. The lowest BCUT2D eigenvalue weighted by molar-refractivity contribution is -0.141. The first kappa shape index (κ1) is 16.6. The van der Waals surface area contributed by atoms with Crippen molar-refractivity contribution >= 4 is 28.6 Å². The number of piperazine rings is 1. The fraction of sp³-hybridized carbons (Fsp3) is 0.529. The van der Waals surface area contributed by atoms with Gasteiger partial charge in [-0.25, -0.2) is 4.98 Å². The van der Waals surface area contributed by atoms with Crippen LogP contribution in [0, 0.1) is 5.41 Å². The van der Waals surface area contributed by atoms with Gasteiger partial charge >= 0.3 is 0 Å². The predicted octanol–water partition coefficient (Wildman–Crippen LogP) is 3.56. The minimum atomic E-state index is -0.285. The van der Waals surface area contributed by atoms with Crippen LogP contribution < -0.4 is 0 Å². The van der Waals surface area contributed by atoms with E-state index in [1.165, 1.54) is 5.56 Å². The number of carbonyl (C=O) groups excluding carboxylic acids is 1. The van der Waals surface area contributed by atoms with Crippen molar-refractivity contribution in [2.24, 2.45) is 5.41 Å². The second-order valence-electron chi connectivity index (χ2n) is 6.97. The summed E-state index contributed by atoms with van der Waals surface area (Å²) in [6.45, 7) is 10.3. The molecule has 1 aliphatic heterocycles. The van der Waals surface area contributed by atoms with Crippen molar-refractivity contribution in [1.82, 2.24) is 14.8 Å². The van der Waals surface area contributed by atoms with Gasteiger partial charge in [-0.05, 0) is 11.4 Å². The zero-order valence-corrected chi connectivity index (χ0v) is 15.5. The quantitative estimate of drug-likeness (QED) is 0.850. The van der Waals surface area contributed by atoms with E-state index in [1.807, 2.05) is 25.7 Å². The van der Waals surface area contributed by atoms with Crippen LogP contribution in [0.15, 0.2) is 22.2 Å². The van der Waals surface area contributed by atoms with Gasteiger partial charge in [-0.15, -0.1) is 11.3 Å². The third kappa shape index (κ3) is 4.00. The molecule has 23 heavy (non-hydrogen) atoms. The van der Waals surface area contributed by atoms with Gasteiger partial charge in [-0.3, -0.25) is 9.69 Å². The van der Waals surface area contributed by atoms with Gasteiger partial charge in [0, 0.05) is 54.5 Å². The van der Waals surface area contributed by atoms with Crippen LogP contribution in [0.5, 0.6) is 0 Å². The van der Waals surface area contributed by atoms with E-state index in [4.69, 9.17) is 4.98 Å². The summed E-state index contributed by atoms with van der Waals surface area (Å²) in [5.41, 5.74) is 2.06. The molecule has 2 aromatic heterocycles. The molecule has 0 saturated carbocycles. The molecule has 0 bridgehead atoms. The fourth-order valence-corrected chi connectivity index (χ4v) is 4.23. The molecular formula is C17H23N3OS2. The van der Waals surface area contributed by atoms with E-state index in [0.717, 1.165) is 43.4 Å². The third-order valence-corrected chi connectivity index (χ3v) is 5.63. The molecule has 0 radical (unpaired) electrons. The zero-order valence-electron chi connectivity index (χ0n) is 13.9. The molecular weight excluding hydrogens is 326 g/mol. The van der Waals surface area contributed by atoms with Crippen LogP contribution >= 0.6 is 22.7 Å². The van der Waals surface area contributed by atoms with Crippen molar-refractivity contribution in [3.05, 3.63) is 27.9 Å². The van der Waals surface area contributed by atoms with Crippen LogP contribution in [0.3, 0.4) is 0 Å². The minimum Gasteiger partial charge on any atom is -0.340 e. The molecule has 1 fully saturated rings. The van der Waals surface area contributed by atoms with Gasteiger partial charge in [-0.2, -0.15) is 11.3 Å². The van der Waals surface area contributed by atoms with E-state index in [2.05, 4.69) is 27.1 Å². The van der Waals surface area contributed by atoms with Crippen LogP contribution in [-0.4, -0.2) is 46.9 Å². The maximum absolute atomic E-state index is 12.3. The van der Waals surface area contributed by atoms with E-state index in [9.17, 15) is 4.79 Å². The average Bonchev–Trinajstić information content (AvgIpc) is 3.17. The normalized spacial score (nSPS) is 16.7. The second kappa shape index (κ2) is 6.71. The molecule has 6 heteroatoms. The highest BCUT2D eigenvalue weighted by Crippen LogP contribution is 2.26. The molecule has 0 spiro atoms. The number of thiazole rings is 1. The van der Waals surface area contributed by atoms with Gasteiger partial charge in [-0.1, -0.05) is 20.8 Å². The Morgan fingerprint density at radius 2 is 1.96 bits per heavy atom. The highest BCUT2D eigenvalue weighted by molar-refractivity contribution is 7.14. The first-order valence-electron chi connectivity index (χ1n) is 7.92. The zero-order chi connectivity index (χ0) is 16.4. The van der Waals surface area contributed by atoms with Gasteiger partial charge in [0.15, 0.2) is 0 Å². The molecule has 0 atom stereocenters. The molecule has 1 aliphatic rings. The lowest BCUT2D eigenvalue weighted by Crippen LogP contribution is -2.51. The van der Waals surface area contributed by atoms with Crippen molar-refractivity contribution in [2.75, 3.05) is 26.2 Å². The van der Waals surface area contributed by atoms with Gasteiger partial charge in [0.1, 0.15) is 5.01 Å².